The lowest BCUT2D eigenvalue weighted by Crippen LogP contribution is -2.42. The molecule has 6 nitrogen and oxygen atoms in total. The standard InChI is InChI=1S/C14H18N4O2/c1-16-13(17-6-2-3-7-17)12(9-15-16)14(20)18-8-4-5-11(19)10-18/h2-3,6-7,9,11,19H,4-5,8,10H2,1H3. The van der Waals surface area contributed by atoms with Crippen LogP contribution in [0.5, 0.6) is 0 Å². The minimum atomic E-state index is -0.417. The van der Waals surface area contributed by atoms with Crippen molar-refractivity contribution < 1.29 is 9.90 Å². The Morgan fingerprint density at radius 1 is 1.40 bits per heavy atom. The minimum absolute atomic E-state index is 0.0689. The van der Waals surface area contributed by atoms with Crippen LogP contribution in [0.2, 0.25) is 0 Å². The minimum Gasteiger partial charge on any atom is -0.391 e. The van der Waals surface area contributed by atoms with Gasteiger partial charge in [0.1, 0.15) is 11.4 Å². The molecule has 3 rings (SSSR count). The fourth-order valence-electron chi connectivity index (χ4n) is 2.67. The smallest absolute Gasteiger partial charge is 0.259 e. The van der Waals surface area contributed by atoms with Crippen LogP contribution in [0.4, 0.5) is 0 Å². The van der Waals surface area contributed by atoms with Gasteiger partial charge in [0.15, 0.2) is 0 Å². The summed E-state index contributed by atoms with van der Waals surface area (Å²) >= 11 is 0. The summed E-state index contributed by atoms with van der Waals surface area (Å²) < 4.78 is 3.56. The van der Waals surface area contributed by atoms with Gasteiger partial charge in [-0.1, -0.05) is 0 Å². The molecule has 1 unspecified atom stereocenters. The largest absolute Gasteiger partial charge is 0.391 e. The Balaban J connectivity index is 1.92. The summed E-state index contributed by atoms with van der Waals surface area (Å²) in [4.78, 5) is 14.3. The number of amides is 1. The van der Waals surface area contributed by atoms with E-state index in [1.165, 1.54) is 0 Å². The number of likely N-dealkylation sites (tertiary alicyclic amines) is 1. The van der Waals surface area contributed by atoms with Gasteiger partial charge < -0.3 is 14.6 Å². The second-order valence-electron chi connectivity index (χ2n) is 5.14. The molecule has 1 amide bonds. The molecule has 3 heterocycles. The van der Waals surface area contributed by atoms with Gasteiger partial charge in [-0.3, -0.25) is 9.48 Å². The van der Waals surface area contributed by atoms with Crippen LogP contribution in [0.3, 0.4) is 0 Å². The van der Waals surface area contributed by atoms with E-state index in [1.807, 2.05) is 36.1 Å². The summed E-state index contributed by atoms with van der Waals surface area (Å²) in [7, 11) is 1.82. The monoisotopic (exact) mass is 274 g/mol. The number of aromatic nitrogens is 3. The van der Waals surface area contributed by atoms with Crippen LogP contribution < -0.4 is 0 Å². The summed E-state index contributed by atoms with van der Waals surface area (Å²) in [6, 6.07) is 3.82. The lowest BCUT2D eigenvalue weighted by Gasteiger charge is -2.30. The van der Waals surface area contributed by atoms with Crippen LogP contribution in [0, 0.1) is 0 Å². The number of nitrogens with zero attached hydrogens (tertiary/aromatic N) is 4. The average molecular weight is 274 g/mol. The van der Waals surface area contributed by atoms with Crippen LogP contribution in [0.1, 0.15) is 23.2 Å². The van der Waals surface area contributed by atoms with E-state index in [1.54, 1.807) is 15.8 Å². The summed E-state index contributed by atoms with van der Waals surface area (Å²) in [5.74, 6) is 0.681. The zero-order chi connectivity index (χ0) is 14.1. The molecular formula is C14H18N4O2. The summed E-state index contributed by atoms with van der Waals surface area (Å²) in [6.07, 6.45) is 6.56. The lowest BCUT2D eigenvalue weighted by atomic mass is 10.1. The van der Waals surface area contributed by atoms with Gasteiger partial charge in [-0.2, -0.15) is 5.10 Å². The molecular weight excluding hydrogens is 256 g/mol. The third-order valence-electron chi connectivity index (χ3n) is 3.67. The molecule has 0 radical (unpaired) electrons. The van der Waals surface area contributed by atoms with Crippen molar-refractivity contribution in [1.82, 2.24) is 19.2 Å². The number of hydrogen-bond acceptors (Lipinski definition) is 3. The Bertz CT molecular complexity index is 603. The molecule has 0 bridgehead atoms. The fraction of sp³-hybridized carbons (Fsp3) is 0.429. The molecule has 1 atom stereocenters. The molecule has 2 aromatic heterocycles. The number of aliphatic hydroxyl groups excluding tert-OH is 1. The highest BCUT2D eigenvalue weighted by Crippen LogP contribution is 2.19. The Labute approximate surface area is 117 Å². The van der Waals surface area contributed by atoms with E-state index in [9.17, 15) is 9.90 Å². The normalized spacial score (nSPS) is 19.3. The van der Waals surface area contributed by atoms with E-state index in [0.29, 0.717) is 18.7 Å². The van der Waals surface area contributed by atoms with Crippen LogP contribution >= 0.6 is 0 Å². The number of hydrogen-bond donors (Lipinski definition) is 1. The molecule has 0 spiro atoms. The Morgan fingerprint density at radius 2 is 2.15 bits per heavy atom. The van der Waals surface area contributed by atoms with Crippen LogP contribution in [0.15, 0.2) is 30.7 Å². The molecule has 1 aliphatic heterocycles. The van der Waals surface area contributed by atoms with Crippen molar-refractivity contribution in [3.05, 3.63) is 36.3 Å². The summed E-state index contributed by atoms with van der Waals surface area (Å²) in [5, 5.41) is 13.9. The molecule has 6 heteroatoms. The zero-order valence-corrected chi connectivity index (χ0v) is 11.4. The Kier molecular flexibility index (Phi) is 3.31. The zero-order valence-electron chi connectivity index (χ0n) is 11.4. The Hall–Kier alpha value is -2.08. The molecule has 1 N–H and O–H groups in total. The van der Waals surface area contributed by atoms with Crippen molar-refractivity contribution in [3.8, 4) is 5.82 Å². The van der Waals surface area contributed by atoms with Crippen molar-refractivity contribution >= 4 is 5.91 Å². The van der Waals surface area contributed by atoms with Crippen molar-refractivity contribution in [2.75, 3.05) is 13.1 Å². The van der Waals surface area contributed by atoms with E-state index in [2.05, 4.69) is 5.10 Å². The van der Waals surface area contributed by atoms with Gasteiger partial charge in [-0.15, -0.1) is 0 Å². The van der Waals surface area contributed by atoms with Gasteiger partial charge >= 0.3 is 0 Å². The third-order valence-corrected chi connectivity index (χ3v) is 3.67. The number of carbonyl (C=O) groups is 1. The second-order valence-corrected chi connectivity index (χ2v) is 5.14. The molecule has 2 aromatic rings. The topological polar surface area (TPSA) is 63.3 Å². The van der Waals surface area contributed by atoms with Crippen LogP contribution in [-0.2, 0) is 7.05 Å². The van der Waals surface area contributed by atoms with Crippen molar-refractivity contribution in [1.29, 1.82) is 0 Å². The molecule has 20 heavy (non-hydrogen) atoms. The first-order chi connectivity index (χ1) is 9.66. The highest BCUT2D eigenvalue weighted by Gasteiger charge is 2.26. The quantitative estimate of drug-likeness (QED) is 0.881. The van der Waals surface area contributed by atoms with Crippen molar-refractivity contribution in [2.24, 2.45) is 7.05 Å². The lowest BCUT2D eigenvalue weighted by molar-refractivity contribution is 0.0473. The number of piperidine rings is 1. The second kappa shape index (κ2) is 5.13. The predicted molar refractivity (Wildman–Crippen MR) is 73.7 cm³/mol. The van der Waals surface area contributed by atoms with Gasteiger partial charge in [0, 0.05) is 32.5 Å². The summed E-state index contributed by atoms with van der Waals surface area (Å²) in [6.45, 7) is 1.09. The fourth-order valence-corrected chi connectivity index (χ4v) is 2.67. The molecule has 0 aliphatic carbocycles. The van der Waals surface area contributed by atoms with Gasteiger partial charge in [-0.05, 0) is 25.0 Å². The number of carbonyl (C=O) groups excluding carboxylic acids is 1. The maximum atomic E-state index is 12.6. The van der Waals surface area contributed by atoms with Gasteiger partial charge in [0.2, 0.25) is 0 Å². The first kappa shape index (κ1) is 12.9. The number of β-amino-alcohol motifs (C(OH)–C–C–N with tert-alkyl or cyclic N) is 1. The molecule has 1 saturated heterocycles. The number of aliphatic hydroxyl groups is 1. The highest BCUT2D eigenvalue weighted by atomic mass is 16.3. The van der Waals surface area contributed by atoms with Gasteiger partial charge in [-0.25, -0.2) is 0 Å². The summed E-state index contributed by atoms with van der Waals surface area (Å²) in [5.41, 5.74) is 0.567. The van der Waals surface area contributed by atoms with Crippen molar-refractivity contribution in [2.45, 2.75) is 18.9 Å². The maximum Gasteiger partial charge on any atom is 0.259 e. The predicted octanol–water partition coefficient (Wildman–Crippen LogP) is 0.808. The Morgan fingerprint density at radius 3 is 2.85 bits per heavy atom. The average Bonchev–Trinajstić information content (AvgIpc) is 3.06. The highest BCUT2D eigenvalue weighted by molar-refractivity contribution is 5.97. The van der Waals surface area contributed by atoms with Gasteiger partial charge in [0.05, 0.1) is 12.3 Å². The van der Waals surface area contributed by atoms with E-state index in [0.717, 1.165) is 18.7 Å². The van der Waals surface area contributed by atoms with Crippen LogP contribution in [-0.4, -0.2) is 49.5 Å². The maximum absolute atomic E-state index is 12.6. The van der Waals surface area contributed by atoms with Crippen LogP contribution in [0.25, 0.3) is 5.82 Å². The first-order valence-corrected chi connectivity index (χ1v) is 6.79. The first-order valence-electron chi connectivity index (χ1n) is 6.79. The van der Waals surface area contributed by atoms with E-state index < -0.39 is 6.10 Å². The molecule has 1 fully saturated rings. The third kappa shape index (κ3) is 2.22. The number of rotatable bonds is 2. The molecule has 0 saturated carbocycles. The van der Waals surface area contributed by atoms with E-state index in [-0.39, 0.29) is 5.91 Å². The van der Waals surface area contributed by atoms with Gasteiger partial charge in [0.25, 0.3) is 5.91 Å². The molecule has 106 valence electrons. The van der Waals surface area contributed by atoms with E-state index >= 15 is 0 Å². The molecule has 0 aromatic carbocycles. The van der Waals surface area contributed by atoms with E-state index in [4.69, 9.17) is 0 Å². The SMILES string of the molecule is Cn1ncc(C(=O)N2CCCC(O)C2)c1-n1cccc1. The van der Waals surface area contributed by atoms with Crippen molar-refractivity contribution in [3.63, 3.8) is 0 Å². The molecule has 1 aliphatic rings. The number of aryl methyl sites for hydroxylation is 1.